The van der Waals surface area contributed by atoms with E-state index in [1.165, 1.54) is 0 Å². The molecule has 4 unspecified atom stereocenters. The van der Waals surface area contributed by atoms with Crippen LogP contribution in [0.2, 0.25) is 5.02 Å². The van der Waals surface area contributed by atoms with E-state index < -0.39 is 0 Å². The van der Waals surface area contributed by atoms with E-state index in [9.17, 15) is 9.59 Å². The molecule has 1 saturated carbocycles. The molecule has 4 atom stereocenters. The number of carbonyl (C=O) groups is 2. The van der Waals surface area contributed by atoms with Gasteiger partial charge in [0.2, 0.25) is 11.8 Å². The molecule has 154 valence electrons. The fraction of sp³-hybridized carbons (Fsp3) is 0.600. The normalized spacial score (nSPS) is 29.0. The van der Waals surface area contributed by atoms with Crippen LogP contribution in [0.1, 0.15) is 19.3 Å². The Morgan fingerprint density at radius 1 is 1.21 bits per heavy atom. The molecule has 0 radical (unpaired) electrons. The highest BCUT2D eigenvalue weighted by molar-refractivity contribution is 6.32. The second kappa shape index (κ2) is 8.89. The molecular formula is C20H27Cl2N3O3. The van der Waals surface area contributed by atoms with E-state index in [4.69, 9.17) is 22.1 Å². The van der Waals surface area contributed by atoms with Gasteiger partial charge in [0.05, 0.1) is 17.5 Å². The number of para-hydroxylation sites is 1. The molecule has 2 N–H and O–H groups in total. The maximum absolute atomic E-state index is 12.9. The fourth-order valence-corrected chi connectivity index (χ4v) is 4.92. The number of hydrogen-bond acceptors (Lipinski definition) is 4. The van der Waals surface area contributed by atoms with Crippen molar-refractivity contribution in [3.8, 4) is 5.75 Å². The van der Waals surface area contributed by atoms with Crippen molar-refractivity contribution in [2.45, 2.75) is 25.3 Å². The maximum Gasteiger partial charge on any atom is 0.228 e. The van der Waals surface area contributed by atoms with Crippen LogP contribution in [-0.4, -0.2) is 60.4 Å². The standard InChI is InChI=1S/C20H26ClN3O3.ClH/c21-16-3-1-2-4-18(16)27-8-7-23-11-14(9-19(23)25)20(26)24-10-13-5-6-17(22)15(13)12-24;/h1-4,13-15,17H,5-12,22H2;1H. The summed E-state index contributed by atoms with van der Waals surface area (Å²) >= 11 is 6.07. The molecule has 0 spiro atoms. The summed E-state index contributed by atoms with van der Waals surface area (Å²) in [6.07, 6.45) is 2.48. The molecule has 1 aromatic rings. The molecule has 1 aliphatic carbocycles. The molecule has 6 nitrogen and oxygen atoms in total. The first kappa shape index (κ1) is 21.2. The molecule has 3 fully saturated rings. The van der Waals surface area contributed by atoms with Crippen molar-refractivity contribution in [2.75, 3.05) is 32.8 Å². The summed E-state index contributed by atoms with van der Waals surface area (Å²) in [6, 6.07) is 7.49. The smallest absolute Gasteiger partial charge is 0.228 e. The fourth-order valence-electron chi connectivity index (χ4n) is 4.73. The highest BCUT2D eigenvalue weighted by Crippen LogP contribution is 2.38. The predicted octanol–water partition coefficient (Wildman–Crippen LogP) is 2.18. The van der Waals surface area contributed by atoms with Crippen molar-refractivity contribution in [1.29, 1.82) is 0 Å². The third-order valence-corrected chi connectivity index (χ3v) is 6.56. The summed E-state index contributed by atoms with van der Waals surface area (Å²) in [6.45, 7) is 2.85. The van der Waals surface area contributed by atoms with Gasteiger partial charge >= 0.3 is 0 Å². The Kier molecular flexibility index (Phi) is 6.73. The lowest BCUT2D eigenvalue weighted by Crippen LogP contribution is -2.38. The monoisotopic (exact) mass is 427 g/mol. The zero-order chi connectivity index (χ0) is 19.0. The molecule has 2 aliphatic heterocycles. The molecule has 8 heteroatoms. The van der Waals surface area contributed by atoms with Crippen LogP contribution in [0.15, 0.2) is 24.3 Å². The van der Waals surface area contributed by atoms with Gasteiger partial charge in [0.1, 0.15) is 12.4 Å². The molecule has 3 aliphatic rings. The number of amides is 2. The Morgan fingerprint density at radius 3 is 2.75 bits per heavy atom. The lowest BCUT2D eigenvalue weighted by atomic mass is 9.98. The summed E-state index contributed by atoms with van der Waals surface area (Å²) in [5.74, 6) is 1.48. The Balaban J connectivity index is 0.00000225. The largest absolute Gasteiger partial charge is 0.490 e. The summed E-state index contributed by atoms with van der Waals surface area (Å²) in [5, 5.41) is 0.552. The number of benzene rings is 1. The number of nitrogens with two attached hydrogens (primary N) is 1. The van der Waals surface area contributed by atoms with Gasteiger partial charge in [0.25, 0.3) is 0 Å². The van der Waals surface area contributed by atoms with Gasteiger partial charge in [-0.25, -0.2) is 0 Å². The minimum absolute atomic E-state index is 0. The van der Waals surface area contributed by atoms with E-state index in [1.807, 2.05) is 17.0 Å². The number of ether oxygens (including phenoxy) is 1. The first-order chi connectivity index (χ1) is 13.0. The Hall–Kier alpha value is -1.50. The third kappa shape index (κ3) is 4.24. The van der Waals surface area contributed by atoms with Gasteiger partial charge in [-0.05, 0) is 36.8 Å². The van der Waals surface area contributed by atoms with Crippen LogP contribution < -0.4 is 10.5 Å². The van der Waals surface area contributed by atoms with Crippen molar-refractivity contribution in [3.63, 3.8) is 0 Å². The van der Waals surface area contributed by atoms with Crippen LogP contribution >= 0.6 is 24.0 Å². The topological polar surface area (TPSA) is 75.9 Å². The number of likely N-dealkylation sites (tertiary alicyclic amines) is 2. The van der Waals surface area contributed by atoms with Crippen LogP contribution in [0.25, 0.3) is 0 Å². The second-order valence-corrected chi connectivity index (χ2v) is 8.34. The van der Waals surface area contributed by atoms with Gasteiger partial charge < -0.3 is 20.3 Å². The van der Waals surface area contributed by atoms with Crippen LogP contribution in [0.3, 0.4) is 0 Å². The molecule has 0 aromatic heterocycles. The summed E-state index contributed by atoms with van der Waals surface area (Å²) in [5.41, 5.74) is 6.17. The van der Waals surface area contributed by atoms with Gasteiger partial charge in [-0.15, -0.1) is 12.4 Å². The molecule has 1 aromatic carbocycles. The van der Waals surface area contributed by atoms with Crippen molar-refractivity contribution >= 4 is 35.8 Å². The summed E-state index contributed by atoms with van der Waals surface area (Å²) in [7, 11) is 0. The van der Waals surface area contributed by atoms with Crippen molar-refractivity contribution < 1.29 is 14.3 Å². The number of carbonyl (C=O) groups excluding carboxylic acids is 2. The van der Waals surface area contributed by atoms with E-state index >= 15 is 0 Å². The minimum Gasteiger partial charge on any atom is -0.490 e. The van der Waals surface area contributed by atoms with Gasteiger partial charge in [0, 0.05) is 32.1 Å². The predicted molar refractivity (Wildman–Crippen MR) is 110 cm³/mol. The van der Waals surface area contributed by atoms with Crippen LogP contribution in [0.5, 0.6) is 5.75 Å². The third-order valence-electron chi connectivity index (χ3n) is 6.24. The average molecular weight is 428 g/mol. The highest BCUT2D eigenvalue weighted by Gasteiger charge is 2.45. The van der Waals surface area contributed by atoms with Gasteiger partial charge in [-0.1, -0.05) is 23.7 Å². The lowest BCUT2D eigenvalue weighted by molar-refractivity contribution is -0.135. The zero-order valence-corrected chi connectivity index (χ0v) is 17.3. The first-order valence-electron chi connectivity index (χ1n) is 9.72. The molecule has 2 heterocycles. The van der Waals surface area contributed by atoms with Crippen molar-refractivity contribution in [1.82, 2.24) is 9.80 Å². The molecule has 2 amide bonds. The Bertz CT molecular complexity index is 732. The van der Waals surface area contributed by atoms with Crippen LogP contribution in [0, 0.1) is 17.8 Å². The number of hydrogen-bond donors (Lipinski definition) is 1. The second-order valence-electron chi connectivity index (χ2n) is 7.93. The maximum atomic E-state index is 12.9. The quantitative estimate of drug-likeness (QED) is 0.780. The molecule has 0 bridgehead atoms. The molecular weight excluding hydrogens is 401 g/mol. The Morgan fingerprint density at radius 2 is 2.00 bits per heavy atom. The number of fused-ring (bicyclic) bond motifs is 1. The van der Waals surface area contributed by atoms with Gasteiger partial charge in [0.15, 0.2) is 0 Å². The highest BCUT2D eigenvalue weighted by atomic mass is 35.5. The van der Waals surface area contributed by atoms with E-state index in [2.05, 4.69) is 0 Å². The van der Waals surface area contributed by atoms with E-state index in [0.29, 0.717) is 48.7 Å². The summed E-state index contributed by atoms with van der Waals surface area (Å²) < 4.78 is 5.67. The molecule has 2 saturated heterocycles. The number of rotatable bonds is 5. The first-order valence-corrected chi connectivity index (χ1v) is 10.1. The lowest BCUT2D eigenvalue weighted by Gasteiger charge is -2.22. The number of nitrogens with zero attached hydrogens (tertiary/aromatic N) is 2. The Labute approximate surface area is 176 Å². The van der Waals surface area contributed by atoms with Gasteiger partial charge in [-0.2, -0.15) is 0 Å². The minimum atomic E-state index is -0.243. The summed E-state index contributed by atoms with van der Waals surface area (Å²) in [4.78, 5) is 28.9. The molecule has 4 rings (SSSR count). The molecule has 28 heavy (non-hydrogen) atoms. The van der Waals surface area contributed by atoms with Crippen LogP contribution in [-0.2, 0) is 9.59 Å². The SMILES string of the molecule is Cl.NC1CCC2CN(C(=O)C3CC(=O)N(CCOc4ccccc4Cl)C3)CC12. The number of halogens is 2. The van der Waals surface area contributed by atoms with Gasteiger partial charge in [-0.3, -0.25) is 9.59 Å². The van der Waals surface area contributed by atoms with E-state index in [-0.39, 0.29) is 36.2 Å². The van der Waals surface area contributed by atoms with Crippen molar-refractivity contribution in [3.05, 3.63) is 29.3 Å². The van der Waals surface area contributed by atoms with E-state index in [0.717, 1.165) is 25.9 Å². The van der Waals surface area contributed by atoms with E-state index in [1.54, 1.807) is 17.0 Å². The van der Waals surface area contributed by atoms with Crippen LogP contribution in [0.4, 0.5) is 0 Å². The average Bonchev–Trinajstić information content (AvgIpc) is 3.33. The van der Waals surface area contributed by atoms with Crippen molar-refractivity contribution in [2.24, 2.45) is 23.5 Å². The zero-order valence-electron chi connectivity index (χ0n) is 15.8.